The molecule has 0 bridgehead atoms. The maximum absolute atomic E-state index is 13.1. The number of halogens is 1. The lowest BCUT2D eigenvalue weighted by Gasteiger charge is -2.34. The Bertz CT molecular complexity index is 837. The van der Waals surface area contributed by atoms with Crippen LogP contribution in [0.1, 0.15) is 64.9 Å². The van der Waals surface area contributed by atoms with E-state index in [0.29, 0.717) is 30.7 Å². The van der Waals surface area contributed by atoms with Gasteiger partial charge in [-0.3, -0.25) is 9.59 Å². The summed E-state index contributed by atoms with van der Waals surface area (Å²) in [4.78, 5) is 36.8. The van der Waals surface area contributed by atoms with Crippen molar-refractivity contribution in [2.45, 2.75) is 76.4 Å². The number of amides is 2. The molecule has 1 atom stereocenters. The average molecular weight is 465 g/mol. The molecule has 0 spiro atoms. The molecule has 8 heteroatoms. The maximum atomic E-state index is 13.1. The first-order chi connectivity index (χ1) is 15.0. The number of carboxylic acid groups (broad SMARTS) is 1. The van der Waals surface area contributed by atoms with Crippen molar-refractivity contribution in [3.8, 4) is 0 Å². The highest BCUT2D eigenvalue weighted by Gasteiger charge is 2.51. The molecule has 0 saturated heterocycles. The van der Waals surface area contributed by atoms with Crippen LogP contribution in [0.15, 0.2) is 24.3 Å². The van der Waals surface area contributed by atoms with Gasteiger partial charge >= 0.3 is 12.1 Å². The summed E-state index contributed by atoms with van der Waals surface area (Å²) in [7, 11) is 0. The van der Waals surface area contributed by atoms with Crippen molar-refractivity contribution in [1.82, 2.24) is 10.6 Å². The fourth-order valence-electron chi connectivity index (χ4n) is 4.48. The van der Waals surface area contributed by atoms with E-state index in [1.165, 1.54) is 0 Å². The van der Waals surface area contributed by atoms with E-state index in [2.05, 4.69) is 10.6 Å². The molecule has 32 heavy (non-hydrogen) atoms. The number of carboxylic acids is 1. The Morgan fingerprint density at radius 1 is 1.12 bits per heavy atom. The van der Waals surface area contributed by atoms with Gasteiger partial charge in [-0.1, -0.05) is 23.7 Å². The van der Waals surface area contributed by atoms with Crippen LogP contribution >= 0.6 is 11.6 Å². The summed E-state index contributed by atoms with van der Waals surface area (Å²) in [5.74, 6) is -1.10. The summed E-state index contributed by atoms with van der Waals surface area (Å²) in [6, 6.07) is 7.03. The van der Waals surface area contributed by atoms with Crippen LogP contribution in [0.25, 0.3) is 0 Å². The smallest absolute Gasteiger partial charge is 0.407 e. The summed E-state index contributed by atoms with van der Waals surface area (Å²) in [6.07, 6.45) is 3.49. The van der Waals surface area contributed by atoms with E-state index in [9.17, 15) is 19.5 Å². The molecule has 0 aromatic heterocycles. The third-order valence-electron chi connectivity index (χ3n) is 6.46. The van der Waals surface area contributed by atoms with Gasteiger partial charge in [0.05, 0.1) is 17.4 Å². The maximum Gasteiger partial charge on any atom is 0.407 e. The molecule has 2 saturated carbocycles. The lowest BCUT2D eigenvalue weighted by Crippen LogP contribution is -2.51. The molecular formula is C24H33ClN2O5. The van der Waals surface area contributed by atoms with Crippen LogP contribution in [0.4, 0.5) is 4.79 Å². The van der Waals surface area contributed by atoms with E-state index in [1.54, 1.807) is 32.9 Å². The quantitative estimate of drug-likeness (QED) is 0.558. The second-order valence-corrected chi connectivity index (χ2v) is 10.4. The molecule has 0 heterocycles. The van der Waals surface area contributed by atoms with Gasteiger partial charge in [0.15, 0.2) is 0 Å². The highest BCUT2D eigenvalue weighted by atomic mass is 35.5. The normalized spacial score (nSPS) is 23.0. The highest BCUT2D eigenvalue weighted by molar-refractivity contribution is 6.30. The second-order valence-electron chi connectivity index (χ2n) is 10.0. The number of carbonyl (C=O) groups excluding carboxylic acids is 2. The summed E-state index contributed by atoms with van der Waals surface area (Å²) in [6.45, 7) is 5.66. The molecule has 2 fully saturated rings. The van der Waals surface area contributed by atoms with Crippen LogP contribution in [0, 0.1) is 11.8 Å². The van der Waals surface area contributed by atoms with Crippen molar-refractivity contribution in [3.05, 3.63) is 34.9 Å². The molecule has 1 aromatic carbocycles. The van der Waals surface area contributed by atoms with Gasteiger partial charge in [-0.2, -0.15) is 0 Å². The Morgan fingerprint density at radius 3 is 2.22 bits per heavy atom. The van der Waals surface area contributed by atoms with Crippen LogP contribution in [0.5, 0.6) is 0 Å². The summed E-state index contributed by atoms with van der Waals surface area (Å²) in [5.41, 5.74) is -0.230. The molecule has 7 nitrogen and oxygen atoms in total. The van der Waals surface area contributed by atoms with Crippen molar-refractivity contribution >= 4 is 29.6 Å². The molecule has 176 valence electrons. The third-order valence-corrected chi connectivity index (χ3v) is 6.71. The first kappa shape index (κ1) is 24.4. The summed E-state index contributed by atoms with van der Waals surface area (Å²) in [5, 5.41) is 15.9. The topological polar surface area (TPSA) is 105 Å². The lowest BCUT2D eigenvalue weighted by atomic mass is 9.78. The Balaban J connectivity index is 1.65. The van der Waals surface area contributed by atoms with Gasteiger partial charge in [0.2, 0.25) is 5.91 Å². The molecule has 2 aliphatic rings. The van der Waals surface area contributed by atoms with Crippen molar-refractivity contribution in [3.63, 3.8) is 0 Å². The standard InChI is InChI=1S/C24H33ClN2O5/c1-23(2,3)32-22(31)27-19(15-4-6-16(7-5-15)20(28)29)14-26-21(30)24(12-13-24)17-8-10-18(25)11-9-17/h8-11,15-16,19H,4-7,12-14H2,1-3H3,(H,26,30)(H,27,31)(H,28,29)/t15-,16-,19?. The van der Waals surface area contributed by atoms with E-state index >= 15 is 0 Å². The predicted octanol–water partition coefficient (Wildman–Crippen LogP) is 4.27. The number of hydrogen-bond donors (Lipinski definition) is 3. The van der Waals surface area contributed by atoms with Crippen molar-refractivity contribution in [1.29, 1.82) is 0 Å². The van der Waals surface area contributed by atoms with Crippen LogP contribution in [0.3, 0.4) is 0 Å². The molecule has 3 N–H and O–H groups in total. The molecule has 1 unspecified atom stereocenters. The number of nitrogens with one attached hydrogen (secondary N) is 2. The largest absolute Gasteiger partial charge is 0.481 e. The average Bonchev–Trinajstić information content (AvgIpc) is 3.52. The lowest BCUT2D eigenvalue weighted by molar-refractivity contribution is -0.143. The van der Waals surface area contributed by atoms with Gasteiger partial charge in [-0.15, -0.1) is 0 Å². The monoisotopic (exact) mass is 464 g/mol. The number of rotatable bonds is 7. The number of hydrogen-bond acceptors (Lipinski definition) is 4. The number of benzene rings is 1. The van der Waals surface area contributed by atoms with Crippen LogP contribution in [-0.2, 0) is 19.7 Å². The van der Waals surface area contributed by atoms with Gasteiger partial charge in [0.1, 0.15) is 5.60 Å². The van der Waals surface area contributed by atoms with Crippen LogP contribution < -0.4 is 10.6 Å². The zero-order chi connectivity index (χ0) is 23.5. The SMILES string of the molecule is CC(C)(C)OC(=O)NC(CNC(=O)C1(c2ccc(Cl)cc2)CC1)[C@H]1CC[C@H](C(=O)O)CC1. The summed E-state index contributed by atoms with van der Waals surface area (Å²) >= 11 is 5.99. The number of alkyl carbamates (subject to hydrolysis) is 1. The predicted molar refractivity (Wildman–Crippen MR) is 122 cm³/mol. The van der Waals surface area contributed by atoms with Crippen molar-refractivity contribution in [2.24, 2.45) is 11.8 Å². The molecule has 2 aliphatic carbocycles. The van der Waals surface area contributed by atoms with Crippen molar-refractivity contribution in [2.75, 3.05) is 6.54 Å². The van der Waals surface area contributed by atoms with E-state index in [-0.39, 0.29) is 30.3 Å². The molecule has 3 rings (SSSR count). The minimum Gasteiger partial charge on any atom is -0.481 e. The first-order valence-electron chi connectivity index (χ1n) is 11.3. The number of ether oxygens (including phenoxy) is 1. The van der Waals surface area contributed by atoms with E-state index in [4.69, 9.17) is 16.3 Å². The molecule has 1 aromatic rings. The minimum atomic E-state index is -0.771. The minimum absolute atomic E-state index is 0.0602. The van der Waals surface area contributed by atoms with Crippen LogP contribution in [-0.4, -0.2) is 41.3 Å². The van der Waals surface area contributed by atoms with Gasteiger partial charge in [-0.05, 0) is 82.9 Å². The van der Waals surface area contributed by atoms with E-state index in [1.807, 2.05) is 12.1 Å². The van der Waals surface area contributed by atoms with Gasteiger partial charge in [-0.25, -0.2) is 4.79 Å². The Kier molecular flexibility index (Phi) is 7.38. The Labute approximate surface area is 194 Å². The molecule has 0 aliphatic heterocycles. The zero-order valence-electron chi connectivity index (χ0n) is 18.9. The highest BCUT2D eigenvalue weighted by Crippen LogP contribution is 2.48. The summed E-state index contributed by atoms with van der Waals surface area (Å²) < 4.78 is 5.42. The molecular weight excluding hydrogens is 432 g/mol. The van der Waals surface area contributed by atoms with Gasteiger partial charge in [0, 0.05) is 11.6 Å². The van der Waals surface area contributed by atoms with Crippen molar-refractivity contribution < 1.29 is 24.2 Å². The fourth-order valence-corrected chi connectivity index (χ4v) is 4.60. The van der Waals surface area contributed by atoms with E-state index in [0.717, 1.165) is 18.4 Å². The third kappa shape index (κ3) is 6.15. The fraction of sp³-hybridized carbons (Fsp3) is 0.625. The Hall–Kier alpha value is -2.28. The number of aliphatic carboxylic acids is 1. The number of carbonyl (C=O) groups is 3. The van der Waals surface area contributed by atoms with Crippen LogP contribution in [0.2, 0.25) is 5.02 Å². The molecule has 2 amide bonds. The Morgan fingerprint density at radius 2 is 1.72 bits per heavy atom. The van der Waals surface area contributed by atoms with Gasteiger partial charge in [0.25, 0.3) is 0 Å². The zero-order valence-corrected chi connectivity index (χ0v) is 19.7. The molecule has 0 radical (unpaired) electrons. The second kappa shape index (κ2) is 9.69. The first-order valence-corrected chi connectivity index (χ1v) is 11.6. The van der Waals surface area contributed by atoms with E-state index < -0.39 is 23.1 Å². The van der Waals surface area contributed by atoms with Gasteiger partial charge < -0.3 is 20.5 Å².